The fourth-order valence-corrected chi connectivity index (χ4v) is 3.32. The molecule has 2 heterocycles. The van der Waals surface area contributed by atoms with E-state index in [9.17, 15) is 9.59 Å². The van der Waals surface area contributed by atoms with Gasteiger partial charge < -0.3 is 9.64 Å². The van der Waals surface area contributed by atoms with Gasteiger partial charge in [-0.25, -0.2) is 0 Å². The average molecular weight is 328 g/mol. The highest BCUT2D eigenvalue weighted by Crippen LogP contribution is 2.32. The predicted molar refractivity (Wildman–Crippen MR) is 91.0 cm³/mol. The number of imide groups is 1. The first-order valence-corrected chi connectivity index (χ1v) is 8.12. The van der Waals surface area contributed by atoms with Crippen molar-refractivity contribution in [2.24, 2.45) is 0 Å². The second-order valence-corrected chi connectivity index (χ2v) is 6.16. The molecule has 3 rings (SSSR count). The maximum atomic E-state index is 12.1. The number of morpholine rings is 1. The summed E-state index contributed by atoms with van der Waals surface area (Å²) in [6.07, 6.45) is 6.91. The van der Waals surface area contributed by atoms with Crippen LogP contribution in [0.1, 0.15) is 5.56 Å². The second kappa shape index (κ2) is 6.90. The summed E-state index contributed by atoms with van der Waals surface area (Å²) in [5, 5.41) is -0.316. The van der Waals surface area contributed by atoms with Gasteiger partial charge in [-0.15, -0.1) is 6.42 Å². The van der Waals surface area contributed by atoms with Gasteiger partial charge in [0.25, 0.3) is 11.1 Å². The third-order valence-electron chi connectivity index (χ3n) is 3.69. The zero-order valence-corrected chi connectivity index (χ0v) is 13.3. The van der Waals surface area contributed by atoms with Crippen molar-refractivity contribution in [3.63, 3.8) is 0 Å². The van der Waals surface area contributed by atoms with Crippen molar-refractivity contribution in [3.8, 4) is 12.3 Å². The number of amides is 2. The first kappa shape index (κ1) is 15.7. The van der Waals surface area contributed by atoms with E-state index in [0.29, 0.717) is 4.91 Å². The standard InChI is InChI=1S/C17H16N2O3S/c1-2-7-19-16(20)15(23-17(19)21)12-13-3-5-14(6-4-13)18-8-10-22-11-9-18/h1,3-6,12H,7-11H2/b15-12+. The Bertz CT molecular complexity index is 685. The summed E-state index contributed by atoms with van der Waals surface area (Å²) in [7, 11) is 0. The Kier molecular flexibility index (Phi) is 4.70. The molecule has 118 valence electrons. The van der Waals surface area contributed by atoms with Crippen LogP contribution in [0.2, 0.25) is 0 Å². The quantitative estimate of drug-likeness (QED) is 0.629. The third-order valence-corrected chi connectivity index (χ3v) is 4.60. The number of hydrogen-bond acceptors (Lipinski definition) is 5. The SMILES string of the molecule is C#CCN1C(=O)S/C(=C/c2ccc(N3CCOCC3)cc2)C1=O. The first-order valence-electron chi connectivity index (χ1n) is 7.30. The Morgan fingerprint density at radius 1 is 1.22 bits per heavy atom. The molecule has 2 aliphatic rings. The smallest absolute Gasteiger partial charge is 0.294 e. The number of carbonyl (C=O) groups is 2. The van der Waals surface area contributed by atoms with Gasteiger partial charge in [-0.1, -0.05) is 18.1 Å². The first-order chi connectivity index (χ1) is 11.2. The topological polar surface area (TPSA) is 49.9 Å². The summed E-state index contributed by atoms with van der Waals surface area (Å²) >= 11 is 0.925. The van der Waals surface area contributed by atoms with E-state index in [4.69, 9.17) is 11.2 Å². The summed E-state index contributed by atoms with van der Waals surface area (Å²) in [5.74, 6) is 2.00. The fraction of sp³-hybridized carbons (Fsp3) is 0.294. The Hall–Kier alpha value is -2.23. The van der Waals surface area contributed by atoms with Crippen molar-refractivity contribution >= 4 is 34.7 Å². The van der Waals surface area contributed by atoms with Gasteiger partial charge in [-0.3, -0.25) is 14.5 Å². The van der Waals surface area contributed by atoms with E-state index in [1.807, 2.05) is 24.3 Å². The number of terminal acetylenes is 1. The molecule has 2 amide bonds. The lowest BCUT2D eigenvalue weighted by atomic mass is 10.1. The number of anilines is 1. The predicted octanol–water partition coefficient (Wildman–Crippen LogP) is 2.19. The molecule has 6 heteroatoms. The normalized spacial score (nSPS) is 20.2. The van der Waals surface area contributed by atoms with Crippen LogP contribution in [0.4, 0.5) is 10.5 Å². The van der Waals surface area contributed by atoms with Crippen molar-refractivity contribution in [2.75, 3.05) is 37.7 Å². The van der Waals surface area contributed by atoms with Crippen molar-refractivity contribution in [1.82, 2.24) is 4.90 Å². The van der Waals surface area contributed by atoms with E-state index in [1.165, 1.54) is 0 Å². The minimum Gasteiger partial charge on any atom is -0.378 e. The van der Waals surface area contributed by atoms with Crippen molar-refractivity contribution in [3.05, 3.63) is 34.7 Å². The van der Waals surface area contributed by atoms with Gasteiger partial charge in [0.15, 0.2) is 0 Å². The summed E-state index contributed by atoms with van der Waals surface area (Å²) in [5.41, 5.74) is 2.01. The summed E-state index contributed by atoms with van der Waals surface area (Å²) in [6.45, 7) is 3.25. The van der Waals surface area contributed by atoms with E-state index in [-0.39, 0.29) is 17.7 Å². The molecule has 2 saturated heterocycles. The highest BCUT2D eigenvalue weighted by Gasteiger charge is 2.34. The van der Waals surface area contributed by atoms with Crippen LogP contribution < -0.4 is 4.90 Å². The molecule has 0 unspecified atom stereocenters. The number of ether oxygens (including phenoxy) is 1. The van der Waals surface area contributed by atoms with E-state index >= 15 is 0 Å². The molecule has 0 bridgehead atoms. The molecule has 0 atom stereocenters. The molecule has 2 aliphatic heterocycles. The molecule has 5 nitrogen and oxygen atoms in total. The zero-order valence-electron chi connectivity index (χ0n) is 12.5. The maximum absolute atomic E-state index is 12.1. The van der Waals surface area contributed by atoms with Crippen molar-refractivity contribution < 1.29 is 14.3 Å². The summed E-state index contributed by atoms with van der Waals surface area (Å²) in [6, 6.07) is 7.92. The van der Waals surface area contributed by atoms with Crippen LogP contribution in [-0.2, 0) is 9.53 Å². The minimum atomic E-state index is -0.324. The Morgan fingerprint density at radius 2 is 1.91 bits per heavy atom. The van der Waals surface area contributed by atoms with E-state index in [1.54, 1.807) is 6.08 Å². The molecule has 0 saturated carbocycles. The number of nitrogens with zero attached hydrogens (tertiary/aromatic N) is 2. The van der Waals surface area contributed by atoms with E-state index < -0.39 is 0 Å². The van der Waals surface area contributed by atoms with E-state index in [0.717, 1.165) is 54.2 Å². The van der Waals surface area contributed by atoms with Gasteiger partial charge in [0.1, 0.15) is 0 Å². The van der Waals surface area contributed by atoms with Crippen LogP contribution in [0.3, 0.4) is 0 Å². The minimum absolute atomic E-state index is 0.0119. The number of rotatable bonds is 3. The number of hydrogen-bond donors (Lipinski definition) is 0. The van der Waals surface area contributed by atoms with Gasteiger partial charge in [-0.2, -0.15) is 0 Å². The molecule has 0 N–H and O–H groups in total. The van der Waals surface area contributed by atoms with Gasteiger partial charge in [-0.05, 0) is 35.5 Å². The molecular weight excluding hydrogens is 312 g/mol. The third kappa shape index (κ3) is 3.41. The molecule has 1 aromatic rings. The van der Waals surface area contributed by atoms with Gasteiger partial charge in [0.2, 0.25) is 0 Å². The molecular formula is C17H16N2O3S. The van der Waals surface area contributed by atoms with Crippen LogP contribution in [-0.4, -0.2) is 48.9 Å². The molecule has 1 aromatic carbocycles. The Labute approximate surface area is 139 Å². The zero-order chi connectivity index (χ0) is 16.2. The molecule has 23 heavy (non-hydrogen) atoms. The van der Waals surface area contributed by atoms with Gasteiger partial charge in [0, 0.05) is 18.8 Å². The monoisotopic (exact) mass is 328 g/mol. The van der Waals surface area contributed by atoms with Gasteiger partial charge in [0.05, 0.1) is 24.7 Å². The lowest BCUT2D eigenvalue weighted by Gasteiger charge is -2.28. The molecule has 2 fully saturated rings. The summed E-state index contributed by atoms with van der Waals surface area (Å²) in [4.78, 5) is 27.6. The highest BCUT2D eigenvalue weighted by molar-refractivity contribution is 8.18. The van der Waals surface area contributed by atoms with E-state index in [2.05, 4.69) is 10.8 Å². The largest absolute Gasteiger partial charge is 0.378 e. The maximum Gasteiger partial charge on any atom is 0.294 e. The number of carbonyl (C=O) groups excluding carboxylic acids is 2. The molecule has 0 aromatic heterocycles. The van der Waals surface area contributed by atoms with Crippen LogP contribution in [0.5, 0.6) is 0 Å². The second-order valence-electron chi connectivity index (χ2n) is 5.16. The Morgan fingerprint density at radius 3 is 2.57 bits per heavy atom. The molecule has 0 radical (unpaired) electrons. The van der Waals surface area contributed by atoms with Crippen molar-refractivity contribution in [2.45, 2.75) is 0 Å². The molecule has 0 spiro atoms. The van der Waals surface area contributed by atoms with Crippen molar-refractivity contribution in [1.29, 1.82) is 0 Å². The summed E-state index contributed by atoms with van der Waals surface area (Å²) < 4.78 is 5.34. The molecule has 0 aliphatic carbocycles. The number of benzene rings is 1. The average Bonchev–Trinajstić information content (AvgIpc) is 2.84. The highest BCUT2D eigenvalue weighted by atomic mass is 32.2. The van der Waals surface area contributed by atoms with Crippen LogP contribution in [0, 0.1) is 12.3 Å². The van der Waals surface area contributed by atoms with Crippen LogP contribution >= 0.6 is 11.8 Å². The Balaban J connectivity index is 1.74. The van der Waals surface area contributed by atoms with Gasteiger partial charge >= 0.3 is 0 Å². The number of thioether (sulfide) groups is 1. The lowest BCUT2D eigenvalue weighted by Crippen LogP contribution is -2.36. The lowest BCUT2D eigenvalue weighted by molar-refractivity contribution is -0.122. The van der Waals surface area contributed by atoms with Crippen LogP contribution in [0.15, 0.2) is 29.2 Å². The van der Waals surface area contributed by atoms with Crippen LogP contribution in [0.25, 0.3) is 6.08 Å². The fourth-order valence-electron chi connectivity index (χ4n) is 2.48.